The van der Waals surface area contributed by atoms with E-state index >= 15 is 0 Å². The van der Waals surface area contributed by atoms with Crippen LogP contribution < -0.4 is 10.9 Å². The van der Waals surface area contributed by atoms with Crippen molar-refractivity contribution in [1.29, 1.82) is 0 Å². The number of hydrogen-bond acceptors (Lipinski definition) is 3. The van der Waals surface area contributed by atoms with Gasteiger partial charge in [0.2, 0.25) is 0 Å². The van der Waals surface area contributed by atoms with Gasteiger partial charge in [0.1, 0.15) is 5.82 Å². The molecule has 23 heavy (non-hydrogen) atoms. The lowest BCUT2D eigenvalue weighted by atomic mass is 10.1. The molecule has 3 rings (SSSR count). The first kappa shape index (κ1) is 15.7. The summed E-state index contributed by atoms with van der Waals surface area (Å²) < 4.78 is 16.1. The Bertz CT molecular complexity index is 863. The molecule has 1 unspecified atom stereocenters. The van der Waals surface area contributed by atoms with E-state index in [1.165, 1.54) is 16.7 Å². The van der Waals surface area contributed by atoms with Crippen LogP contribution in [0.5, 0.6) is 0 Å². The molecule has 2 aromatic rings. The maximum atomic E-state index is 14.0. The molecule has 2 N–H and O–H groups in total. The summed E-state index contributed by atoms with van der Waals surface area (Å²) in [6, 6.07) is 5.56. The molecule has 0 fully saturated rings. The van der Waals surface area contributed by atoms with Crippen molar-refractivity contribution in [2.45, 2.75) is 25.9 Å². The van der Waals surface area contributed by atoms with Crippen LogP contribution in [0, 0.1) is 12.7 Å². The smallest absolute Gasteiger partial charge is 0.337 e. The van der Waals surface area contributed by atoms with Gasteiger partial charge in [-0.2, -0.15) is 0 Å². The minimum absolute atomic E-state index is 0.0784. The number of carboxylic acids is 1. The Balaban J connectivity index is 2.06. The van der Waals surface area contributed by atoms with E-state index < -0.39 is 17.8 Å². The van der Waals surface area contributed by atoms with Crippen molar-refractivity contribution in [1.82, 2.24) is 4.57 Å². The number of aromatic carboxylic acids is 1. The largest absolute Gasteiger partial charge is 0.478 e. The third-order valence-electron chi connectivity index (χ3n) is 3.97. The standard InChI is InChI=1S/C16H14BrFN2O3/c1-8-6-10(16(22)23)14-13(4-5-20(14)15(8)21)19-12-3-2-9(17)7-11(12)18/h2-3,6-7,13,19H,4-5H2,1H3,(H,22,23). The van der Waals surface area contributed by atoms with E-state index in [0.29, 0.717) is 28.7 Å². The molecule has 1 atom stereocenters. The quantitative estimate of drug-likeness (QED) is 0.856. The van der Waals surface area contributed by atoms with Crippen molar-refractivity contribution in [2.75, 3.05) is 5.32 Å². The molecule has 0 amide bonds. The Morgan fingerprint density at radius 2 is 2.17 bits per heavy atom. The predicted molar refractivity (Wildman–Crippen MR) is 87.5 cm³/mol. The van der Waals surface area contributed by atoms with Crippen LogP contribution in [0.1, 0.15) is 34.1 Å². The number of aromatic nitrogens is 1. The maximum Gasteiger partial charge on any atom is 0.337 e. The van der Waals surface area contributed by atoms with Gasteiger partial charge in [0.05, 0.1) is 23.0 Å². The molecule has 1 aliphatic heterocycles. The summed E-state index contributed by atoms with van der Waals surface area (Å²) in [5.41, 5.74) is 0.938. The zero-order valence-corrected chi connectivity index (χ0v) is 13.9. The summed E-state index contributed by atoms with van der Waals surface area (Å²) >= 11 is 3.19. The molecule has 0 spiro atoms. The Kier molecular flexibility index (Phi) is 3.97. The van der Waals surface area contributed by atoms with Crippen molar-refractivity contribution < 1.29 is 14.3 Å². The summed E-state index contributed by atoms with van der Waals surface area (Å²) in [7, 11) is 0. The van der Waals surface area contributed by atoms with E-state index in [4.69, 9.17) is 0 Å². The molecule has 1 aromatic carbocycles. The average Bonchev–Trinajstić information content (AvgIpc) is 2.89. The fraction of sp³-hybridized carbons (Fsp3) is 0.250. The fourth-order valence-corrected chi connectivity index (χ4v) is 3.25. The lowest BCUT2D eigenvalue weighted by Crippen LogP contribution is -2.25. The van der Waals surface area contributed by atoms with Crippen LogP contribution >= 0.6 is 15.9 Å². The highest BCUT2D eigenvalue weighted by Gasteiger charge is 2.30. The number of halogens is 2. The second-order valence-corrected chi connectivity index (χ2v) is 6.41. The van der Waals surface area contributed by atoms with Gasteiger partial charge in [-0.05, 0) is 37.6 Å². The van der Waals surface area contributed by atoms with E-state index in [1.807, 2.05) is 0 Å². The van der Waals surface area contributed by atoms with E-state index in [0.717, 1.165) is 0 Å². The zero-order chi connectivity index (χ0) is 16.7. The summed E-state index contributed by atoms with van der Waals surface area (Å²) in [4.78, 5) is 23.7. The van der Waals surface area contributed by atoms with Crippen LogP contribution in [-0.2, 0) is 6.54 Å². The molecule has 0 saturated carbocycles. The molecule has 2 heterocycles. The van der Waals surface area contributed by atoms with Crippen molar-refractivity contribution in [3.05, 3.63) is 61.7 Å². The Morgan fingerprint density at radius 3 is 2.83 bits per heavy atom. The van der Waals surface area contributed by atoms with Gasteiger partial charge in [-0.3, -0.25) is 4.79 Å². The topological polar surface area (TPSA) is 71.3 Å². The first-order chi connectivity index (χ1) is 10.9. The minimum Gasteiger partial charge on any atom is -0.478 e. The van der Waals surface area contributed by atoms with Crippen LogP contribution in [0.4, 0.5) is 10.1 Å². The number of hydrogen-bond donors (Lipinski definition) is 2. The number of pyridine rings is 1. The molecular weight excluding hydrogens is 367 g/mol. The van der Waals surface area contributed by atoms with Gasteiger partial charge in [-0.25, -0.2) is 9.18 Å². The van der Waals surface area contributed by atoms with Crippen molar-refractivity contribution >= 4 is 27.6 Å². The highest BCUT2D eigenvalue weighted by molar-refractivity contribution is 9.10. The summed E-state index contributed by atoms with van der Waals surface area (Å²) in [6.45, 7) is 2.00. The number of benzene rings is 1. The Labute approximate surface area is 139 Å². The molecule has 1 aromatic heterocycles. The van der Waals surface area contributed by atoms with Gasteiger partial charge < -0.3 is 15.0 Å². The lowest BCUT2D eigenvalue weighted by Gasteiger charge is -2.18. The Morgan fingerprint density at radius 1 is 1.43 bits per heavy atom. The molecule has 0 bridgehead atoms. The number of nitrogens with zero attached hydrogens (tertiary/aromatic N) is 1. The van der Waals surface area contributed by atoms with E-state index in [9.17, 15) is 19.1 Å². The zero-order valence-electron chi connectivity index (χ0n) is 12.3. The number of nitrogens with one attached hydrogen (secondary N) is 1. The fourth-order valence-electron chi connectivity index (χ4n) is 2.92. The maximum absolute atomic E-state index is 14.0. The number of fused-ring (bicyclic) bond motifs is 1. The van der Waals surface area contributed by atoms with Crippen molar-refractivity contribution in [3.8, 4) is 0 Å². The molecule has 120 valence electrons. The van der Waals surface area contributed by atoms with Gasteiger partial charge in [0.15, 0.2) is 0 Å². The van der Waals surface area contributed by atoms with E-state index in [1.54, 1.807) is 19.1 Å². The number of carbonyl (C=O) groups is 1. The first-order valence-corrected chi connectivity index (χ1v) is 7.87. The molecule has 1 aliphatic rings. The second-order valence-electron chi connectivity index (χ2n) is 5.50. The number of aryl methyl sites for hydroxylation is 1. The molecular formula is C16H14BrFN2O3. The molecule has 7 heteroatoms. The monoisotopic (exact) mass is 380 g/mol. The van der Waals surface area contributed by atoms with Gasteiger partial charge in [0.25, 0.3) is 5.56 Å². The summed E-state index contributed by atoms with van der Waals surface area (Å²) in [6.07, 6.45) is 0.522. The van der Waals surface area contributed by atoms with Crippen molar-refractivity contribution in [3.63, 3.8) is 0 Å². The average molecular weight is 381 g/mol. The molecule has 0 radical (unpaired) electrons. The van der Waals surface area contributed by atoms with E-state index in [-0.39, 0.29) is 16.8 Å². The Hall–Kier alpha value is -2.15. The van der Waals surface area contributed by atoms with Crippen LogP contribution in [-0.4, -0.2) is 15.6 Å². The molecule has 0 aliphatic carbocycles. The third kappa shape index (κ3) is 2.76. The highest BCUT2D eigenvalue weighted by Crippen LogP contribution is 2.32. The van der Waals surface area contributed by atoms with E-state index in [2.05, 4.69) is 21.2 Å². The number of anilines is 1. The minimum atomic E-state index is -1.10. The third-order valence-corrected chi connectivity index (χ3v) is 4.47. The summed E-state index contributed by atoms with van der Waals surface area (Å²) in [5.74, 6) is -1.54. The van der Waals surface area contributed by atoms with Crippen LogP contribution in [0.3, 0.4) is 0 Å². The second kappa shape index (κ2) is 5.81. The van der Waals surface area contributed by atoms with Crippen molar-refractivity contribution in [2.24, 2.45) is 0 Å². The predicted octanol–water partition coefficient (Wildman–Crippen LogP) is 3.31. The van der Waals surface area contributed by atoms with Gasteiger partial charge in [-0.15, -0.1) is 0 Å². The lowest BCUT2D eigenvalue weighted by molar-refractivity contribution is 0.0694. The van der Waals surface area contributed by atoms with Gasteiger partial charge >= 0.3 is 5.97 Å². The molecule has 0 saturated heterocycles. The van der Waals surface area contributed by atoms with Crippen LogP contribution in [0.2, 0.25) is 0 Å². The highest BCUT2D eigenvalue weighted by atomic mass is 79.9. The number of rotatable bonds is 3. The SMILES string of the molecule is Cc1cc(C(=O)O)c2n(c1=O)CCC2Nc1ccc(Br)cc1F. The van der Waals surface area contributed by atoms with Gasteiger partial charge in [0, 0.05) is 16.6 Å². The van der Waals surface area contributed by atoms with Gasteiger partial charge in [-0.1, -0.05) is 15.9 Å². The van der Waals surface area contributed by atoms with Crippen LogP contribution in [0.15, 0.2) is 33.5 Å². The van der Waals surface area contributed by atoms with Crippen LogP contribution in [0.25, 0.3) is 0 Å². The first-order valence-electron chi connectivity index (χ1n) is 7.07. The summed E-state index contributed by atoms with van der Waals surface area (Å²) in [5, 5.41) is 12.4. The number of carboxylic acid groups (broad SMARTS) is 1. The normalized spacial score (nSPS) is 16.2. The molecule has 5 nitrogen and oxygen atoms in total.